The monoisotopic (exact) mass is 250 g/mol. The van der Waals surface area contributed by atoms with Crippen LogP contribution in [0.25, 0.3) is 0 Å². The van der Waals surface area contributed by atoms with Crippen molar-refractivity contribution in [3.63, 3.8) is 0 Å². The fraction of sp³-hybridized carbons (Fsp3) is 0.778. The second kappa shape index (κ2) is 8.09. The lowest BCUT2D eigenvalue weighted by Crippen LogP contribution is -2.43. The van der Waals surface area contributed by atoms with Crippen LogP contribution in [0.4, 0.5) is 9.59 Å². The lowest BCUT2D eigenvalue weighted by molar-refractivity contribution is 0.106. The molecule has 0 aliphatic heterocycles. The Bertz CT molecular complexity index is 236. The Balaban J connectivity index is 4.30. The van der Waals surface area contributed by atoms with Crippen LogP contribution < -0.4 is 5.43 Å². The van der Waals surface area contributed by atoms with E-state index in [0.717, 1.165) is 16.4 Å². The number of nitrogens with one attached hydrogen (secondary N) is 1. The molecule has 0 aromatic rings. The van der Waals surface area contributed by atoms with E-state index < -0.39 is 12.2 Å². The van der Waals surface area contributed by atoms with Crippen molar-refractivity contribution in [3.05, 3.63) is 0 Å². The van der Waals surface area contributed by atoms with Crippen molar-refractivity contribution < 1.29 is 19.1 Å². The molecule has 0 aliphatic rings. The third-order valence-electron chi connectivity index (χ3n) is 1.22. The summed E-state index contributed by atoms with van der Waals surface area (Å²) in [7, 11) is 0. The Hall–Kier alpha value is -1.11. The predicted octanol–water partition coefficient (Wildman–Crippen LogP) is 2.16. The highest BCUT2D eigenvalue weighted by Gasteiger charge is 2.20. The second-order valence-electron chi connectivity index (χ2n) is 2.98. The largest absolute Gasteiger partial charge is 0.449 e. The van der Waals surface area contributed by atoms with Crippen LogP contribution in [-0.4, -0.2) is 35.1 Å². The smallest absolute Gasteiger partial charge is 0.439 e. The maximum absolute atomic E-state index is 11.4. The normalized spacial score (nSPS) is 9.81. The first-order valence-electron chi connectivity index (χ1n) is 5.08. The van der Waals surface area contributed by atoms with Crippen molar-refractivity contribution in [2.45, 2.75) is 32.9 Å². The van der Waals surface area contributed by atoms with Crippen LogP contribution in [0.3, 0.4) is 0 Å². The molecule has 1 N–H and O–H groups in total. The van der Waals surface area contributed by atoms with Gasteiger partial charge in [0.15, 0.2) is 0 Å². The molecule has 7 heteroatoms. The Morgan fingerprint density at radius 3 is 2.25 bits per heavy atom. The molecule has 0 rings (SSSR count). The standard InChI is InChI=1S/C9H18N2O4S/c1-5-14-8(12)10-11(16-7(3)4)9(13)15-6-2/h7H,5-6H2,1-4H3,(H,10,12). The SMILES string of the molecule is CCOC(=O)NN(SC(C)C)C(=O)OCC. The van der Waals surface area contributed by atoms with E-state index in [9.17, 15) is 9.59 Å². The van der Waals surface area contributed by atoms with Gasteiger partial charge >= 0.3 is 12.2 Å². The summed E-state index contributed by atoms with van der Waals surface area (Å²) >= 11 is 1.15. The van der Waals surface area contributed by atoms with Crippen LogP contribution in [0.1, 0.15) is 27.7 Å². The summed E-state index contributed by atoms with van der Waals surface area (Å²) in [6.45, 7) is 7.66. The molecule has 6 nitrogen and oxygen atoms in total. The first kappa shape index (κ1) is 14.9. The van der Waals surface area contributed by atoms with Crippen LogP contribution in [0, 0.1) is 0 Å². The third kappa shape index (κ3) is 6.39. The van der Waals surface area contributed by atoms with Crippen molar-refractivity contribution in [2.75, 3.05) is 13.2 Å². The molecule has 0 aliphatic carbocycles. The predicted molar refractivity (Wildman–Crippen MR) is 61.7 cm³/mol. The van der Waals surface area contributed by atoms with Crippen LogP contribution in [0.5, 0.6) is 0 Å². The molecule has 0 radical (unpaired) electrons. The summed E-state index contributed by atoms with van der Waals surface area (Å²) in [5, 5.41) is 0.131. The van der Waals surface area contributed by atoms with Gasteiger partial charge in [-0.2, -0.15) is 4.41 Å². The lowest BCUT2D eigenvalue weighted by Gasteiger charge is -2.21. The van der Waals surface area contributed by atoms with E-state index in [0.29, 0.717) is 0 Å². The maximum Gasteiger partial charge on any atom is 0.439 e. The molecule has 2 amide bonds. The molecule has 0 heterocycles. The number of hydrogen-bond donors (Lipinski definition) is 1. The van der Waals surface area contributed by atoms with Gasteiger partial charge in [-0.25, -0.2) is 15.0 Å². The van der Waals surface area contributed by atoms with Crippen molar-refractivity contribution in [1.29, 1.82) is 0 Å². The molecule has 94 valence electrons. The zero-order valence-corrected chi connectivity index (χ0v) is 10.8. The topological polar surface area (TPSA) is 67.9 Å². The summed E-state index contributed by atoms with van der Waals surface area (Å²) in [6, 6.07) is 0. The van der Waals surface area contributed by atoms with Crippen LogP contribution in [0.15, 0.2) is 0 Å². The minimum absolute atomic E-state index is 0.131. The lowest BCUT2D eigenvalue weighted by atomic mass is 10.6. The zero-order valence-electron chi connectivity index (χ0n) is 9.98. The molecule has 0 spiro atoms. The highest BCUT2D eigenvalue weighted by molar-refractivity contribution is 7.98. The van der Waals surface area contributed by atoms with E-state index in [2.05, 4.69) is 10.2 Å². The molecule has 0 aromatic heterocycles. The Morgan fingerprint density at radius 1 is 1.25 bits per heavy atom. The molecule has 0 fully saturated rings. The highest BCUT2D eigenvalue weighted by Crippen LogP contribution is 2.15. The Kier molecular flexibility index (Phi) is 7.53. The molecule has 0 saturated carbocycles. The van der Waals surface area contributed by atoms with Gasteiger partial charge in [-0.3, -0.25) is 0 Å². The summed E-state index contributed by atoms with van der Waals surface area (Å²) in [5.41, 5.74) is 2.29. The van der Waals surface area contributed by atoms with Gasteiger partial charge in [0.25, 0.3) is 0 Å². The van der Waals surface area contributed by atoms with Gasteiger partial charge in [-0.1, -0.05) is 13.8 Å². The molecule has 0 bridgehead atoms. The quantitative estimate of drug-likeness (QED) is 0.611. The first-order chi connectivity index (χ1) is 7.51. The third-order valence-corrected chi connectivity index (χ3v) is 2.09. The maximum atomic E-state index is 11.4. The van der Waals surface area contributed by atoms with E-state index >= 15 is 0 Å². The fourth-order valence-electron chi connectivity index (χ4n) is 0.754. The van der Waals surface area contributed by atoms with Gasteiger partial charge in [0.2, 0.25) is 0 Å². The molecule has 0 atom stereocenters. The molecule has 0 unspecified atom stereocenters. The number of rotatable bonds is 4. The van der Waals surface area contributed by atoms with Gasteiger partial charge in [-0.15, -0.1) is 0 Å². The average Bonchev–Trinajstić information content (AvgIpc) is 2.16. The number of amides is 2. The van der Waals surface area contributed by atoms with E-state index in [1.54, 1.807) is 13.8 Å². The van der Waals surface area contributed by atoms with Gasteiger partial charge in [0.05, 0.1) is 13.2 Å². The van der Waals surface area contributed by atoms with Crippen molar-refractivity contribution in [2.24, 2.45) is 0 Å². The van der Waals surface area contributed by atoms with Gasteiger partial charge < -0.3 is 9.47 Å². The van der Waals surface area contributed by atoms with E-state index in [1.165, 1.54) is 0 Å². The molecular weight excluding hydrogens is 232 g/mol. The summed E-state index contributed by atoms with van der Waals surface area (Å²) in [6.07, 6.45) is -1.29. The van der Waals surface area contributed by atoms with Crippen molar-refractivity contribution in [3.8, 4) is 0 Å². The number of nitrogens with zero attached hydrogens (tertiary/aromatic N) is 1. The molecule has 0 aromatic carbocycles. The van der Waals surface area contributed by atoms with E-state index in [4.69, 9.17) is 4.74 Å². The summed E-state index contributed by atoms with van der Waals surface area (Å²) in [4.78, 5) is 22.6. The van der Waals surface area contributed by atoms with Gasteiger partial charge in [0, 0.05) is 5.25 Å². The first-order valence-corrected chi connectivity index (χ1v) is 5.91. The number of hydrogen-bond acceptors (Lipinski definition) is 5. The molecule has 16 heavy (non-hydrogen) atoms. The fourth-order valence-corrected chi connectivity index (χ4v) is 1.44. The number of carbonyl (C=O) groups excluding carboxylic acids is 2. The Morgan fingerprint density at radius 2 is 1.81 bits per heavy atom. The highest BCUT2D eigenvalue weighted by atomic mass is 32.2. The molecular formula is C9H18N2O4S. The second-order valence-corrected chi connectivity index (χ2v) is 4.50. The summed E-state index contributed by atoms with van der Waals surface area (Å²) < 4.78 is 10.5. The Labute approximate surface area is 99.7 Å². The van der Waals surface area contributed by atoms with Crippen LogP contribution in [-0.2, 0) is 9.47 Å². The molecule has 0 saturated heterocycles. The number of ether oxygens (including phenoxy) is 2. The summed E-state index contributed by atoms with van der Waals surface area (Å²) in [5.74, 6) is 0. The van der Waals surface area contributed by atoms with Crippen molar-refractivity contribution >= 4 is 24.1 Å². The number of hydrazine groups is 1. The average molecular weight is 250 g/mol. The van der Waals surface area contributed by atoms with E-state index in [-0.39, 0.29) is 18.5 Å². The zero-order chi connectivity index (χ0) is 12.6. The van der Waals surface area contributed by atoms with Gasteiger partial charge in [-0.05, 0) is 25.8 Å². The minimum Gasteiger partial charge on any atom is -0.449 e. The van der Waals surface area contributed by atoms with Gasteiger partial charge in [0.1, 0.15) is 0 Å². The van der Waals surface area contributed by atoms with E-state index in [1.807, 2.05) is 13.8 Å². The van der Waals surface area contributed by atoms with Crippen molar-refractivity contribution in [1.82, 2.24) is 9.84 Å². The van der Waals surface area contributed by atoms with Crippen LogP contribution >= 0.6 is 11.9 Å². The number of carbonyl (C=O) groups is 2. The van der Waals surface area contributed by atoms with Crippen LogP contribution in [0.2, 0.25) is 0 Å². The minimum atomic E-state index is -0.677.